The Morgan fingerprint density at radius 1 is 1.29 bits per heavy atom. The lowest BCUT2D eigenvalue weighted by Gasteiger charge is -2.34. The van der Waals surface area contributed by atoms with E-state index in [1.807, 2.05) is 0 Å². The zero-order valence-electron chi connectivity index (χ0n) is 9.97. The minimum atomic E-state index is 0.531. The summed E-state index contributed by atoms with van der Waals surface area (Å²) < 4.78 is 0. The maximum absolute atomic E-state index is 5.93. The molecule has 0 heterocycles. The minimum Gasteiger partial charge on any atom is -0.330 e. The van der Waals surface area contributed by atoms with Crippen LogP contribution in [0.3, 0.4) is 0 Å². The van der Waals surface area contributed by atoms with Gasteiger partial charge in [0.25, 0.3) is 0 Å². The van der Waals surface area contributed by atoms with Crippen molar-refractivity contribution < 1.29 is 0 Å². The Bertz CT molecular complexity index is 221. The topological polar surface area (TPSA) is 26.0 Å². The molecule has 0 radical (unpaired) electrons. The number of hydrogen-bond acceptors (Lipinski definition) is 1. The molecule has 82 valence electrons. The molecule has 0 aliphatic heterocycles. The molecule has 1 heteroatoms. The van der Waals surface area contributed by atoms with E-state index in [0.717, 1.165) is 18.4 Å². The highest BCUT2D eigenvalue weighted by Gasteiger charge is 2.71. The molecule has 0 aromatic rings. The molecule has 3 unspecified atom stereocenters. The molecule has 0 bridgehead atoms. The largest absolute Gasteiger partial charge is 0.330 e. The van der Waals surface area contributed by atoms with Crippen LogP contribution in [0.15, 0.2) is 0 Å². The number of nitrogens with two attached hydrogens (primary N) is 1. The molecule has 0 amide bonds. The number of hydrogen-bond donors (Lipinski definition) is 1. The maximum Gasteiger partial charge on any atom is -0.00379 e. The highest BCUT2D eigenvalue weighted by molar-refractivity contribution is 5.20. The second-order valence-electron chi connectivity index (χ2n) is 5.90. The van der Waals surface area contributed by atoms with Crippen molar-refractivity contribution in [2.75, 3.05) is 6.54 Å². The van der Waals surface area contributed by atoms with Gasteiger partial charge in [-0.05, 0) is 42.1 Å². The smallest absolute Gasteiger partial charge is 0.00379 e. The first-order valence-corrected chi connectivity index (χ1v) is 6.31. The molecule has 0 saturated heterocycles. The summed E-state index contributed by atoms with van der Waals surface area (Å²) in [6.07, 6.45) is 7.15. The zero-order valence-corrected chi connectivity index (χ0v) is 9.97. The summed E-state index contributed by atoms with van der Waals surface area (Å²) in [7, 11) is 0. The van der Waals surface area contributed by atoms with Gasteiger partial charge in [-0.2, -0.15) is 0 Å². The summed E-state index contributed by atoms with van der Waals surface area (Å²) in [5.74, 6) is 1.76. The Labute approximate surface area is 88.4 Å². The molecule has 0 aromatic heterocycles. The standard InChI is InChI=1S/C13H25N/c1-4-10-7-5-6-8-13(10)11(9-14)12(13,2)3/h10-11H,4-9,14H2,1-3H3. The van der Waals surface area contributed by atoms with Crippen LogP contribution < -0.4 is 5.73 Å². The first-order valence-electron chi connectivity index (χ1n) is 6.31. The average molecular weight is 195 g/mol. The molecule has 2 saturated carbocycles. The third kappa shape index (κ3) is 1.05. The summed E-state index contributed by atoms with van der Waals surface area (Å²) in [5.41, 5.74) is 7.10. The van der Waals surface area contributed by atoms with Gasteiger partial charge < -0.3 is 5.73 Å². The third-order valence-electron chi connectivity index (χ3n) is 5.46. The predicted molar refractivity (Wildman–Crippen MR) is 61.0 cm³/mol. The second-order valence-corrected chi connectivity index (χ2v) is 5.90. The van der Waals surface area contributed by atoms with E-state index in [2.05, 4.69) is 20.8 Å². The molecule has 2 aliphatic rings. The summed E-state index contributed by atoms with van der Waals surface area (Å²) in [4.78, 5) is 0. The van der Waals surface area contributed by atoms with Crippen LogP contribution in [-0.2, 0) is 0 Å². The molecular formula is C13H25N. The Morgan fingerprint density at radius 2 is 2.00 bits per heavy atom. The van der Waals surface area contributed by atoms with Crippen LogP contribution in [0.1, 0.15) is 52.9 Å². The quantitative estimate of drug-likeness (QED) is 0.719. The highest BCUT2D eigenvalue weighted by Crippen LogP contribution is 2.76. The van der Waals surface area contributed by atoms with E-state index in [4.69, 9.17) is 5.73 Å². The van der Waals surface area contributed by atoms with Gasteiger partial charge in [0, 0.05) is 0 Å². The van der Waals surface area contributed by atoms with Crippen molar-refractivity contribution in [3.63, 3.8) is 0 Å². The predicted octanol–water partition coefficient (Wildman–Crippen LogP) is 3.19. The second kappa shape index (κ2) is 3.23. The normalized spacial score (nSPS) is 45.4. The van der Waals surface area contributed by atoms with Crippen molar-refractivity contribution >= 4 is 0 Å². The lowest BCUT2D eigenvalue weighted by Crippen LogP contribution is -2.26. The number of rotatable bonds is 2. The first-order chi connectivity index (χ1) is 6.61. The van der Waals surface area contributed by atoms with Gasteiger partial charge in [-0.15, -0.1) is 0 Å². The molecule has 2 aliphatic carbocycles. The van der Waals surface area contributed by atoms with Gasteiger partial charge in [0.15, 0.2) is 0 Å². The van der Waals surface area contributed by atoms with Gasteiger partial charge in [0.1, 0.15) is 0 Å². The Kier molecular flexibility index (Phi) is 2.42. The Hall–Kier alpha value is -0.0400. The van der Waals surface area contributed by atoms with Crippen LogP contribution in [0.4, 0.5) is 0 Å². The van der Waals surface area contributed by atoms with E-state index in [1.54, 1.807) is 0 Å². The average Bonchev–Trinajstić information content (AvgIpc) is 2.63. The molecule has 2 N–H and O–H groups in total. The van der Waals surface area contributed by atoms with E-state index in [9.17, 15) is 0 Å². The van der Waals surface area contributed by atoms with Crippen LogP contribution in [0, 0.1) is 22.7 Å². The lowest BCUT2D eigenvalue weighted by molar-refractivity contribution is 0.154. The minimum absolute atomic E-state index is 0.531. The molecular weight excluding hydrogens is 170 g/mol. The van der Waals surface area contributed by atoms with E-state index >= 15 is 0 Å². The summed E-state index contributed by atoms with van der Waals surface area (Å²) in [6, 6.07) is 0. The molecule has 2 fully saturated rings. The monoisotopic (exact) mass is 195 g/mol. The van der Waals surface area contributed by atoms with E-state index < -0.39 is 0 Å². The van der Waals surface area contributed by atoms with E-state index in [1.165, 1.54) is 32.1 Å². The fourth-order valence-electron chi connectivity index (χ4n) is 4.65. The van der Waals surface area contributed by atoms with Crippen molar-refractivity contribution in [2.24, 2.45) is 28.4 Å². The third-order valence-corrected chi connectivity index (χ3v) is 5.46. The fraction of sp³-hybridized carbons (Fsp3) is 1.00. The van der Waals surface area contributed by atoms with Crippen LogP contribution in [-0.4, -0.2) is 6.54 Å². The first kappa shape index (κ1) is 10.5. The molecule has 14 heavy (non-hydrogen) atoms. The molecule has 1 nitrogen and oxygen atoms in total. The van der Waals surface area contributed by atoms with Crippen molar-refractivity contribution in [3.8, 4) is 0 Å². The van der Waals surface area contributed by atoms with Gasteiger partial charge in [0.05, 0.1) is 0 Å². The van der Waals surface area contributed by atoms with Crippen molar-refractivity contribution in [1.29, 1.82) is 0 Å². The zero-order chi connectivity index (χ0) is 10.4. The Morgan fingerprint density at radius 3 is 2.50 bits per heavy atom. The van der Waals surface area contributed by atoms with Gasteiger partial charge in [-0.1, -0.05) is 40.0 Å². The summed E-state index contributed by atoms with van der Waals surface area (Å²) in [5, 5.41) is 0. The summed E-state index contributed by atoms with van der Waals surface area (Å²) in [6.45, 7) is 8.15. The SMILES string of the molecule is CCC1CCCCC12C(CN)C2(C)C. The van der Waals surface area contributed by atoms with E-state index in [-0.39, 0.29) is 0 Å². The fourth-order valence-corrected chi connectivity index (χ4v) is 4.65. The molecule has 3 atom stereocenters. The van der Waals surface area contributed by atoms with Crippen LogP contribution >= 0.6 is 0 Å². The lowest BCUT2D eigenvalue weighted by atomic mass is 9.70. The maximum atomic E-state index is 5.93. The highest BCUT2D eigenvalue weighted by atomic mass is 14.8. The van der Waals surface area contributed by atoms with Crippen LogP contribution in [0.25, 0.3) is 0 Å². The van der Waals surface area contributed by atoms with Gasteiger partial charge in [-0.25, -0.2) is 0 Å². The molecule has 1 spiro atoms. The van der Waals surface area contributed by atoms with Crippen LogP contribution in [0.2, 0.25) is 0 Å². The Balaban J connectivity index is 2.22. The van der Waals surface area contributed by atoms with E-state index in [0.29, 0.717) is 10.8 Å². The van der Waals surface area contributed by atoms with Crippen LogP contribution in [0.5, 0.6) is 0 Å². The molecule has 2 rings (SSSR count). The van der Waals surface area contributed by atoms with Gasteiger partial charge >= 0.3 is 0 Å². The van der Waals surface area contributed by atoms with Crippen molar-refractivity contribution in [2.45, 2.75) is 52.9 Å². The van der Waals surface area contributed by atoms with Gasteiger partial charge in [0.2, 0.25) is 0 Å². The molecule has 0 aromatic carbocycles. The van der Waals surface area contributed by atoms with Crippen molar-refractivity contribution in [1.82, 2.24) is 0 Å². The van der Waals surface area contributed by atoms with Crippen molar-refractivity contribution in [3.05, 3.63) is 0 Å². The summed E-state index contributed by atoms with van der Waals surface area (Å²) >= 11 is 0. The van der Waals surface area contributed by atoms with Gasteiger partial charge in [-0.3, -0.25) is 0 Å².